The minimum absolute atomic E-state index is 0.0786. The van der Waals surface area contributed by atoms with Gasteiger partial charge in [-0.05, 0) is 62.7 Å². The predicted octanol–water partition coefficient (Wildman–Crippen LogP) is 5.02. The number of carbonyl (C=O) groups is 1. The monoisotopic (exact) mass is 564 g/mol. The lowest BCUT2D eigenvalue weighted by Gasteiger charge is -2.35. The van der Waals surface area contributed by atoms with Gasteiger partial charge in [-0.1, -0.05) is 18.2 Å². The number of benzene rings is 2. The maximum atomic E-state index is 13.7. The number of rotatable bonds is 7. The molecule has 0 radical (unpaired) electrons. The van der Waals surface area contributed by atoms with Crippen molar-refractivity contribution in [2.75, 3.05) is 17.5 Å². The summed E-state index contributed by atoms with van der Waals surface area (Å²) < 4.78 is 85.5. The second kappa shape index (κ2) is 10.8. The summed E-state index contributed by atoms with van der Waals surface area (Å²) >= 11 is 0. The number of halogens is 3. The second-order valence-electron chi connectivity index (χ2n) is 9.85. The Balaban J connectivity index is 1.69. The second-order valence-corrected chi connectivity index (χ2v) is 11.7. The standard InChI is InChI=1S/C27H27F3N2O6S/c1-26(2,3)38-25(33)14-18-10-11-23-22(13-18)32(16-20(37-23)17-36-24-9-4-5-12-31-24)39(34,35)21-8-6-7-19(15-21)27(28,29)30/h4-13,15,20H,14,16-17H2,1-3H3/t20-/m1/s1. The zero-order valence-corrected chi connectivity index (χ0v) is 22.3. The summed E-state index contributed by atoms with van der Waals surface area (Å²) in [6.45, 7) is 4.84. The Morgan fingerprint density at radius 3 is 2.51 bits per heavy atom. The molecule has 39 heavy (non-hydrogen) atoms. The minimum Gasteiger partial charge on any atom is -0.483 e. The fourth-order valence-corrected chi connectivity index (χ4v) is 5.44. The minimum atomic E-state index is -4.73. The molecule has 8 nitrogen and oxygen atoms in total. The molecule has 0 spiro atoms. The van der Waals surface area contributed by atoms with E-state index in [0.29, 0.717) is 17.5 Å². The molecule has 12 heteroatoms. The van der Waals surface area contributed by atoms with E-state index in [1.807, 2.05) is 0 Å². The molecular weight excluding hydrogens is 537 g/mol. The molecule has 0 fully saturated rings. The van der Waals surface area contributed by atoms with E-state index in [2.05, 4.69) is 4.98 Å². The molecule has 1 aromatic heterocycles. The van der Waals surface area contributed by atoms with Crippen LogP contribution < -0.4 is 13.8 Å². The van der Waals surface area contributed by atoms with Crippen LogP contribution in [0.3, 0.4) is 0 Å². The maximum Gasteiger partial charge on any atom is 0.416 e. The molecule has 1 aliphatic heterocycles. The zero-order valence-electron chi connectivity index (χ0n) is 21.4. The lowest BCUT2D eigenvalue weighted by molar-refractivity contribution is -0.153. The summed E-state index contributed by atoms with van der Waals surface area (Å²) in [6, 6.07) is 13.1. The largest absolute Gasteiger partial charge is 0.483 e. The number of hydrogen-bond donors (Lipinski definition) is 0. The van der Waals surface area contributed by atoms with Crippen molar-refractivity contribution < 1.29 is 40.6 Å². The third-order valence-corrected chi connectivity index (χ3v) is 7.30. The molecule has 1 aliphatic rings. The van der Waals surface area contributed by atoms with E-state index in [9.17, 15) is 26.4 Å². The number of pyridine rings is 1. The van der Waals surface area contributed by atoms with Gasteiger partial charge in [-0.2, -0.15) is 13.2 Å². The van der Waals surface area contributed by atoms with Crippen LogP contribution in [-0.2, 0) is 32.2 Å². The van der Waals surface area contributed by atoms with Gasteiger partial charge in [-0.25, -0.2) is 13.4 Å². The third-order valence-electron chi connectivity index (χ3n) is 5.53. The van der Waals surface area contributed by atoms with Crippen molar-refractivity contribution in [2.45, 2.75) is 50.0 Å². The third kappa shape index (κ3) is 6.99. The van der Waals surface area contributed by atoms with E-state index < -0.39 is 44.3 Å². The highest BCUT2D eigenvalue weighted by Gasteiger charge is 2.37. The number of hydrogen-bond acceptors (Lipinski definition) is 7. The highest BCUT2D eigenvalue weighted by Crippen LogP contribution is 2.39. The number of aromatic nitrogens is 1. The number of esters is 1. The van der Waals surface area contributed by atoms with Gasteiger partial charge >= 0.3 is 12.1 Å². The summed E-state index contributed by atoms with van der Waals surface area (Å²) in [6.07, 6.45) is -4.15. The fourth-order valence-electron chi connectivity index (χ4n) is 3.90. The van der Waals surface area contributed by atoms with Crippen LogP contribution in [0, 0.1) is 0 Å². The van der Waals surface area contributed by atoms with Gasteiger partial charge in [0.2, 0.25) is 5.88 Å². The average Bonchev–Trinajstić information content (AvgIpc) is 2.86. The Kier molecular flexibility index (Phi) is 7.78. The van der Waals surface area contributed by atoms with E-state index in [-0.39, 0.29) is 31.0 Å². The van der Waals surface area contributed by atoms with Crippen molar-refractivity contribution >= 4 is 21.7 Å². The van der Waals surface area contributed by atoms with Crippen LogP contribution in [0.2, 0.25) is 0 Å². The first-order valence-corrected chi connectivity index (χ1v) is 13.4. The summed E-state index contributed by atoms with van der Waals surface area (Å²) in [5.41, 5.74) is -1.28. The number of nitrogens with zero attached hydrogens (tertiary/aromatic N) is 2. The molecule has 0 unspecified atom stereocenters. The molecule has 0 amide bonds. The van der Waals surface area contributed by atoms with E-state index in [0.717, 1.165) is 22.5 Å². The van der Waals surface area contributed by atoms with Crippen molar-refractivity contribution in [3.63, 3.8) is 0 Å². The van der Waals surface area contributed by atoms with Gasteiger partial charge in [0.1, 0.15) is 18.0 Å². The molecule has 1 atom stereocenters. The molecule has 0 saturated carbocycles. The predicted molar refractivity (Wildman–Crippen MR) is 136 cm³/mol. The number of ether oxygens (including phenoxy) is 3. The lowest BCUT2D eigenvalue weighted by Crippen LogP contribution is -2.46. The van der Waals surface area contributed by atoms with Crippen LogP contribution in [0.25, 0.3) is 0 Å². The number of anilines is 1. The van der Waals surface area contributed by atoms with Gasteiger partial charge in [-0.15, -0.1) is 0 Å². The first-order chi connectivity index (χ1) is 18.2. The summed E-state index contributed by atoms with van der Waals surface area (Å²) in [7, 11) is -4.48. The van der Waals surface area contributed by atoms with Crippen molar-refractivity contribution in [3.05, 3.63) is 78.0 Å². The highest BCUT2D eigenvalue weighted by atomic mass is 32.2. The molecular formula is C27H27F3N2O6S. The lowest BCUT2D eigenvalue weighted by atomic mass is 10.1. The van der Waals surface area contributed by atoms with Crippen molar-refractivity contribution in [1.82, 2.24) is 4.98 Å². The van der Waals surface area contributed by atoms with Crippen LogP contribution in [0.4, 0.5) is 18.9 Å². The van der Waals surface area contributed by atoms with Gasteiger partial charge in [-0.3, -0.25) is 9.10 Å². The van der Waals surface area contributed by atoms with Crippen molar-refractivity contribution in [2.24, 2.45) is 0 Å². The van der Waals surface area contributed by atoms with Crippen LogP contribution in [-0.4, -0.2) is 44.2 Å². The maximum absolute atomic E-state index is 13.7. The molecule has 0 bridgehead atoms. The van der Waals surface area contributed by atoms with Gasteiger partial charge < -0.3 is 14.2 Å². The van der Waals surface area contributed by atoms with E-state index in [1.165, 1.54) is 18.3 Å². The van der Waals surface area contributed by atoms with Crippen molar-refractivity contribution in [3.8, 4) is 11.6 Å². The first-order valence-electron chi connectivity index (χ1n) is 12.0. The van der Waals surface area contributed by atoms with Crippen LogP contribution >= 0.6 is 0 Å². The van der Waals surface area contributed by atoms with Gasteiger partial charge in [0.25, 0.3) is 10.0 Å². The summed E-state index contributed by atoms with van der Waals surface area (Å²) in [5, 5.41) is 0. The molecule has 0 aliphatic carbocycles. The molecule has 2 heterocycles. The molecule has 4 rings (SSSR count). The Hall–Kier alpha value is -3.80. The Labute approximate surface area is 224 Å². The number of alkyl halides is 3. The number of carbonyl (C=O) groups excluding carboxylic acids is 1. The van der Waals surface area contributed by atoms with Crippen molar-refractivity contribution in [1.29, 1.82) is 0 Å². The highest BCUT2D eigenvalue weighted by molar-refractivity contribution is 7.92. The summed E-state index contributed by atoms with van der Waals surface area (Å²) in [5.74, 6) is -0.0562. The van der Waals surface area contributed by atoms with E-state index in [1.54, 1.807) is 45.0 Å². The molecule has 0 N–H and O–H groups in total. The van der Waals surface area contributed by atoms with E-state index >= 15 is 0 Å². The Bertz CT molecular complexity index is 1440. The van der Waals surface area contributed by atoms with Gasteiger partial charge in [0.05, 0.1) is 29.1 Å². The molecule has 0 saturated heterocycles. The molecule has 3 aromatic rings. The van der Waals surface area contributed by atoms with E-state index in [4.69, 9.17) is 14.2 Å². The molecule has 2 aromatic carbocycles. The quantitative estimate of drug-likeness (QED) is 0.372. The molecule has 208 valence electrons. The number of sulfonamides is 1. The summed E-state index contributed by atoms with van der Waals surface area (Å²) in [4.78, 5) is 15.9. The Morgan fingerprint density at radius 2 is 1.85 bits per heavy atom. The zero-order chi connectivity index (χ0) is 28.4. The fraction of sp³-hybridized carbons (Fsp3) is 0.333. The average molecular weight is 565 g/mol. The van der Waals surface area contributed by atoms with Crippen LogP contribution in [0.15, 0.2) is 71.8 Å². The topological polar surface area (TPSA) is 95.0 Å². The van der Waals surface area contributed by atoms with Gasteiger partial charge in [0.15, 0.2) is 6.10 Å². The number of fused-ring (bicyclic) bond motifs is 1. The van der Waals surface area contributed by atoms with Crippen LogP contribution in [0.1, 0.15) is 31.9 Å². The normalized spacial score (nSPS) is 15.7. The Morgan fingerprint density at radius 1 is 1.08 bits per heavy atom. The first kappa shape index (κ1) is 28.2. The smallest absolute Gasteiger partial charge is 0.416 e. The SMILES string of the molecule is CC(C)(C)OC(=O)Cc1ccc2c(c1)N(S(=O)(=O)c1cccc(C(F)(F)F)c1)C[C@H](COc1ccccn1)O2. The van der Waals surface area contributed by atoms with Crippen LogP contribution in [0.5, 0.6) is 11.6 Å². The van der Waals surface area contributed by atoms with Gasteiger partial charge in [0, 0.05) is 12.3 Å².